The van der Waals surface area contributed by atoms with Crippen molar-refractivity contribution in [3.05, 3.63) is 76.8 Å². The number of piperidine rings is 1. The number of anilines is 1. The van der Waals surface area contributed by atoms with E-state index in [4.69, 9.17) is 4.74 Å². The quantitative estimate of drug-likeness (QED) is 0.672. The number of aliphatic hydroxyl groups excluding tert-OH is 1. The molecule has 2 aromatic carbocycles. The van der Waals surface area contributed by atoms with E-state index in [1.165, 1.54) is 17.7 Å². The fraction of sp³-hybridized carbons (Fsp3) is 0.370. The molecule has 5 rings (SSSR count). The number of rotatable bonds is 4. The Kier molecular flexibility index (Phi) is 5.59. The molecule has 0 aromatic heterocycles. The number of allylic oxidation sites excluding steroid dienone is 1. The fourth-order valence-electron chi connectivity index (χ4n) is 4.98. The summed E-state index contributed by atoms with van der Waals surface area (Å²) in [6.07, 6.45) is 4.00. The van der Waals surface area contributed by atoms with Crippen LogP contribution in [0.2, 0.25) is 0 Å². The highest BCUT2D eigenvalue weighted by Crippen LogP contribution is 2.44. The standard InChI is InChI=1S/C27H29FN2O3/c1-27(2)22(14-24(33-27)25-21-13-20(28)7-8-23(21)29-26(25)32)19-5-3-17(4-6-19)15-30-11-9-18(16-31)10-12-30/h3-8,13-14,18,31H,9-12,15-16H2,1-2H3,(H,29,32)/b25-24+. The number of nitrogens with zero attached hydrogens (tertiary/aromatic N) is 1. The first-order valence-electron chi connectivity index (χ1n) is 11.5. The topological polar surface area (TPSA) is 61.8 Å². The van der Waals surface area contributed by atoms with E-state index in [0.717, 1.165) is 43.6 Å². The first-order valence-corrected chi connectivity index (χ1v) is 11.5. The summed E-state index contributed by atoms with van der Waals surface area (Å²) in [4.78, 5) is 15.1. The number of ether oxygens (including phenoxy) is 1. The average Bonchev–Trinajstić information content (AvgIpc) is 3.29. The summed E-state index contributed by atoms with van der Waals surface area (Å²) in [5.74, 6) is 0.238. The zero-order chi connectivity index (χ0) is 23.2. The lowest BCUT2D eigenvalue weighted by Crippen LogP contribution is -2.34. The van der Waals surface area contributed by atoms with Gasteiger partial charge in [-0.05, 0) is 81.1 Å². The summed E-state index contributed by atoms with van der Waals surface area (Å²) in [5, 5.41) is 12.1. The van der Waals surface area contributed by atoms with E-state index in [1.54, 1.807) is 6.07 Å². The molecule has 2 aromatic rings. The maximum atomic E-state index is 13.9. The summed E-state index contributed by atoms with van der Waals surface area (Å²) in [7, 11) is 0. The number of likely N-dealkylation sites (tertiary alicyclic amines) is 1. The molecular weight excluding hydrogens is 419 g/mol. The maximum Gasteiger partial charge on any atom is 0.260 e. The first-order chi connectivity index (χ1) is 15.8. The SMILES string of the molecule is CC1(C)O/C(=C2/C(=O)Nc3ccc(F)cc32)C=C1c1ccc(CN2CCC(CO)CC2)cc1. The van der Waals surface area contributed by atoms with Gasteiger partial charge in [0.25, 0.3) is 5.91 Å². The minimum absolute atomic E-state index is 0.279. The van der Waals surface area contributed by atoms with Gasteiger partial charge in [0.1, 0.15) is 17.2 Å². The van der Waals surface area contributed by atoms with Gasteiger partial charge in [0.2, 0.25) is 0 Å². The van der Waals surface area contributed by atoms with Gasteiger partial charge in [-0.2, -0.15) is 0 Å². The molecule has 6 heteroatoms. The summed E-state index contributed by atoms with van der Waals surface area (Å²) in [5.41, 5.74) is 4.15. The van der Waals surface area contributed by atoms with E-state index in [-0.39, 0.29) is 18.3 Å². The van der Waals surface area contributed by atoms with Crippen molar-refractivity contribution in [1.82, 2.24) is 4.90 Å². The number of fused-ring (bicyclic) bond motifs is 1. The van der Waals surface area contributed by atoms with Crippen molar-refractivity contribution in [1.29, 1.82) is 0 Å². The van der Waals surface area contributed by atoms with Crippen molar-refractivity contribution in [3.63, 3.8) is 0 Å². The minimum atomic E-state index is -0.619. The van der Waals surface area contributed by atoms with Gasteiger partial charge >= 0.3 is 0 Å². The summed E-state index contributed by atoms with van der Waals surface area (Å²) in [6, 6.07) is 12.8. The second-order valence-electron chi connectivity index (χ2n) is 9.65. The van der Waals surface area contributed by atoms with Gasteiger partial charge in [0, 0.05) is 30.0 Å². The largest absolute Gasteiger partial charge is 0.482 e. The third-order valence-corrected chi connectivity index (χ3v) is 6.90. The molecule has 172 valence electrons. The van der Waals surface area contributed by atoms with E-state index >= 15 is 0 Å². The molecule has 1 fully saturated rings. The molecule has 3 aliphatic rings. The molecule has 0 bridgehead atoms. The number of benzene rings is 2. The number of hydrogen-bond donors (Lipinski definition) is 2. The van der Waals surface area contributed by atoms with Crippen LogP contribution in [0.15, 0.2) is 54.3 Å². The molecule has 1 amide bonds. The Morgan fingerprint density at radius 1 is 1.15 bits per heavy atom. The van der Waals surface area contributed by atoms with Gasteiger partial charge < -0.3 is 15.2 Å². The van der Waals surface area contributed by atoms with Crippen LogP contribution in [0.4, 0.5) is 10.1 Å². The molecule has 0 radical (unpaired) electrons. The average molecular weight is 449 g/mol. The van der Waals surface area contributed by atoms with Crippen molar-refractivity contribution < 1.29 is 19.0 Å². The number of hydrogen-bond acceptors (Lipinski definition) is 4. The Morgan fingerprint density at radius 3 is 2.58 bits per heavy atom. The summed E-state index contributed by atoms with van der Waals surface area (Å²) >= 11 is 0. The van der Waals surface area contributed by atoms with E-state index < -0.39 is 5.60 Å². The molecule has 0 spiro atoms. The van der Waals surface area contributed by atoms with Gasteiger partial charge in [-0.1, -0.05) is 24.3 Å². The molecule has 5 nitrogen and oxygen atoms in total. The van der Waals surface area contributed by atoms with Crippen molar-refractivity contribution in [3.8, 4) is 0 Å². The molecular formula is C27H29FN2O3. The number of amides is 1. The third kappa shape index (κ3) is 4.21. The van der Waals surface area contributed by atoms with Crippen LogP contribution >= 0.6 is 0 Å². The predicted molar refractivity (Wildman–Crippen MR) is 127 cm³/mol. The predicted octanol–water partition coefficient (Wildman–Crippen LogP) is 4.59. The van der Waals surface area contributed by atoms with Crippen LogP contribution in [-0.2, 0) is 16.1 Å². The van der Waals surface area contributed by atoms with E-state index in [9.17, 15) is 14.3 Å². The van der Waals surface area contributed by atoms with Gasteiger partial charge in [-0.3, -0.25) is 9.69 Å². The summed E-state index contributed by atoms with van der Waals surface area (Å²) < 4.78 is 20.1. The van der Waals surface area contributed by atoms with E-state index in [0.29, 0.717) is 28.5 Å². The Bertz CT molecular complexity index is 1140. The zero-order valence-corrected chi connectivity index (χ0v) is 19.0. The van der Waals surface area contributed by atoms with E-state index in [2.05, 4.69) is 34.5 Å². The lowest BCUT2D eigenvalue weighted by Gasteiger charge is -2.31. The smallest absolute Gasteiger partial charge is 0.260 e. The third-order valence-electron chi connectivity index (χ3n) is 6.90. The normalized spacial score (nSPS) is 22.7. The molecule has 0 atom stereocenters. The first kappa shape index (κ1) is 21.9. The lowest BCUT2D eigenvalue weighted by molar-refractivity contribution is -0.111. The second kappa shape index (κ2) is 8.43. The van der Waals surface area contributed by atoms with Crippen LogP contribution in [0.25, 0.3) is 11.1 Å². The van der Waals surface area contributed by atoms with Crippen LogP contribution in [-0.4, -0.2) is 41.2 Å². The molecule has 1 saturated heterocycles. The van der Waals surface area contributed by atoms with Crippen LogP contribution in [0.3, 0.4) is 0 Å². The monoisotopic (exact) mass is 448 g/mol. The highest BCUT2D eigenvalue weighted by Gasteiger charge is 2.38. The molecule has 2 N–H and O–H groups in total. The number of carbonyl (C=O) groups excluding carboxylic acids is 1. The lowest BCUT2D eigenvalue weighted by atomic mass is 9.91. The molecule has 0 saturated carbocycles. The maximum absolute atomic E-state index is 13.9. The van der Waals surface area contributed by atoms with Crippen LogP contribution in [0, 0.1) is 11.7 Å². The molecule has 0 unspecified atom stereocenters. The van der Waals surface area contributed by atoms with Crippen LogP contribution in [0.1, 0.15) is 43.4 Å². The second-order valence-corrected chi connectivity index (χ2v) is 9.65. The molecule has 3 heterocycles. The van der Waals surface area contributed by atoms with Gasteiger partial charge in [-0.15, -0.1) is 0 Å². The van der Waals surface area contributed by atoms with Gasteiger partial charge in [-0.25, -0.2) is 4.39 Å². The highest BCUT2D eigenvalue weighted by molar-refractivity contribution is 6.32. The van der Waals surface area contributed by atoms with Crippen LogP contribution < -0.4 is 5.32 Å². The van der Waals surface area contributed by atoms with Gasteiger partial charge in [0.05, 0.1) is 5.57 Å². The summed E-state index contributed by atoms with van der Waals surface area (Å²) in [6.45, 7) is 7.17. The number of carbonyl (C=O) groups is 1. The zero-order valence-electron chi connectivity index (χ0n) is 19.0. The molecule has 3 aliphatic heterocycles. The van der Waals surface area contributed by atoms with Gasteiger partial charge in [0.15, 0.2) is 0 Å². The molecule has 33 heavy (non-hydrogen) atoms. The minimum Gasteiger partial charge on any atom is -0.482 e. The number of halogens is 1. The number of aliphatic hydroxyl groups is 1. The Hall–Kier alpha value is -2.96. The van der Waals surface area contributed by atoms with Crippen molar-refractivity contribution in [2.45, 2.75) is 38.8 Å². The van der Waals surface area contributed by atoms with Crippen LogP contribution in [0.5, 0.6) is 0 Å². The molecule has 0 aliphatic carbocycles. The Balaban J connectivity index is 1.39. The number of nitrogens with one attached hydrogen (secondary N) is 1. The highest BCUT2D eigenvalue weighted by atomic mass is 19.1. The van der Waals surface area contributed by atoms with E-state index in [1.807, 2.05) is 19.9 Å². The van der Waals surface area contributed by atoms with Crippen molar-refractivity contribution in [2.75, 3.05) is 25.0 Å². The van der Waals surface area contributed by atoms with Crippen molar-refractivity contribution in [2.24, 2.45) is 5.92 Å². The Morgan fingerprint density at radius 2 is 1.88 bits per heavy atom. The van der Waals surface area contributed by atoms with Crippen molar-refractivity contribution >= 4 is 22.7 Å². The Labute approximate surface area is 193 Å². The fourth-order valence-corrected chi connectivity index (χ4v) is 4.98.